The van der Waals surface area contributed by atoms with E-state index in [0.29, 0.717) is 35.2 Å². The summed E-state index contributed by atoms with van der Waals surface area (Å²) in [5.74, 6) is 0.276. The highest BCUT2D eigenvalue weighted by Crippen LogP contribution is 2.26. The highest BCUT2D eigenvalue weighted by atomic mass is 35.5. The molecule has 0 bridgehead atoms. The first-order chi connectivity index (χ1) is 11.9. The van der Waals surface area contributed by atoms with Crippen molar-refractivity contribution in [2.24, 2.45) is 0 Å². The molecule has 2 aromatic rings. The highest BCUT2D eigenvalue weighted by Gasteiger charge is 2.35. The number of ether oxygens (including phenoxy) is 2. The molecule has 0 saturated carbocycles. The predicted octanol–water partition coefficient (Wildman–Crippen LogP) is 5.69. The minimum Gasteiger partial charge on any atom is -0.476 e. The molecule has 1 atom stereocenters. The molecule has 0 radical (unpaired) electrons. The molecule has 0 saturated heterocycles. The molecule has 5 heteroatoms. The predicted molar refractivity (Wildman–Crippen MR) is 102 cm³/mol. The van der Waals surface area contributed by atoms with Gasteiger partial charge in [-0.25, -0.2) is 4.79 Å². The Morgan fingerprint density at radius 1 is 1.08 bits per heavy atom. The molecule has 25 heavy (non-hydrogen) atoms. The molecule has 134 valence electrons. The van der Waals surface area contributed by atoms with Gasteiger partial charge in [-0.05, 0) is 62.1 Å². The molecule has 0 aliphatic heterocycles. The third kappa shape index (κ3) is 5.13. The molecule has 0 aromatic heterocycles. The molecule has 0 aliphatic carbocycles. The van der Waals surface area contributed by atoms with Crippen molar-refractivity contribution in [1.29, 1.82) is 0 Å². The van der Waals surface area contributed by atoms with Crippen LogP contribution in [0.15, 0.2) is 42.5 Å². The van der Waals surface area contributed by atoms with Gasteiger partial charge in [0.15, 0.2) is 0 Å². The van der Waals surface area contributed by atoms with E-state index >= 15 is 0 Å². The number of carbonyl (C=O) groups is 1. The number of benzene rings is 2. The summed E-state index contributed by atoms with van der Waals surface area (Å²) in [5.41, 5.74) is 1.10. The Hall–Kier alpha value is -1.71. The molecule has 0 fully saturated rings. The average molecular weight is 381 g/mol. The minimum atomic E-state index is -0.989. The number of rotatable bonds is 7. The fourth-order valence-corrected chi connectivity index (χ4v) is 2.84. The van der Waals surface area contributed by atoms with Crippen molar-refractivity contribution in [1.82, 2.24) is 0 Å². The van der Waals surface area contributed by atoms with Gasteiger partial charge in [0.1, 0.15) is 5.75 Å². The van der Waals surface area contributed by atoms with Crippen molar-refractivity contribution in [3.8, 4) is 5.75 Å². The van der Waals surface area contributed by atoms with Gasteiger partial charge in [0.2, 0.25) is 5.60 Å². The second-order valence-electron chi connectivity index (χ2n) is 5.96. The second-order valence-corrected chi connectivity index (χ2v) is 6.81. The van der Waals surface area contributed by atoms with E-state index in [9.17, 15) is 4.79 Å². The maximum Gasteiger partial charge on any atom is 0.350 e. The van der Waals surface area contributed by atoms with Crippen LogP contribution in [0.2, 0.25) is 10.0 Å². The van der Waals surface area contributed by atoms with Crippen LogP contribution in [0.4, 0.5) is 0 Å². The van der Waals surface area contributed by atoms with Gasteiger partial charge >= 0.3 is 5.97 Å². The molecule has 3 nitrogen and oxygen atoms in total. The summed E-state index contributed by atoms with van der Waals surface area (Å²) in [6.45, 7) is 5.75. The summed E-state index contributed by atoms with van der Waals surface area (Å²) in [4.78, 5) is 12.1. The van der Waals surface area contributed by atoms with Crippen molar-refractivity contribution >= 4 is 29.2 Å². The molecular weight excluding hydrogens is 359 g/mol. The van der Waals surface area contributed by atoms with Crippen molar-refractivity contribution in [3.05, 3.63) is 63.6 Å². The van der Waals surface area contributed by atoms with Crippen LogP contribution in [0, 0.1) is 0 Å². The smallest absolute Gasteiger partial charge is 0.350 e. The summed E-state index contributed by atoms with van der Waals surface area (Å²) >= 11 is 12.1. The SMILES string of the molecule is CCOC(=O)C(C)(CC)Oc1ccc(Cc2ccc(Cl)cc2Cl)cc1. The van der Waals surface area contributed by atoms with Crippen LogP contribution in [-0.4, -0.2) is 18.2 Å². The van der Waals surface area contributed by atoms with E-state index in [1.165, 1.54) is 0 Å². The van der Waals surface area contributed by atoms with Crippen LogP contribution in [0.5, 0.6) is 5.75 Å². The van der Waals surface area contributed by atoms with E-state index in [2.05, 4.69) is 0 Å². The van der Waals surface area contributed by atoms with E-state index in [1.54, 1.807) is 19.9 Å². The molecule has 0 N–H and O–H groups in total. The third-order valence-electron chi connectivity index (χ3n) is 4.06. The fourth-order valence-electron chi connectivity index (χ4n) is 2.36. The van der Waals surface area contributed by atoms with E-state index < -0.39 is 5.60 Å². The van der Waals surface area contributed by atoms with E-state index in [4.69, 9.17) is 32.7 Å². The Morgan fingerprint density at radius 2 is 1.76 bits per heavy atom. The Bertz CT molecular complexity index is 728. The van der Waals surface area contributed by atoms with Gasteiger partial charge in [-0.1, -0.05) is 48.3 Å². The number of esters is 1. The lowest BCUT2D eigenvalue weighted by Gasteiger charge is -2.27. The zero-order valence-corrected chi connectivity index (χ0v) is 16.2. The quantitative estimate of drug-likeness (QED) is 0.578. The first-order valence-electron chi connectivity index (χ1n) is 8.27. The second kappa shape index (κ2) is 8.59. The standard InChI is InChI=1S/C20H22Cl2O3/c1-4-20(3,19(23)24-5-2)25-17-10-6-14(7-11-17)12-15-8-9-16(21)13-18(15)22/h6-11,13H,4-5,12H2,1-3H3. The number of hydrogen-bond donors (Lipinski definition) is 0. The van der Waals surface area contributed by atoms with E-state index in [0.717, 1.165) is 11.1 Å². The summed E-state index contributed by atoms with van der Waals surface area (Å²) in [5, 5.41) is 1.27. The van der Waals surface area contributed by atoms with Gasteiger partial charge in [-0.15, -0.1) is 0 Å². The summed E-state index contributed by atoms with van der Waals surface area (Å²) in [6, 6.07) is 13.1. The van der Waals surface area contributed by atoms with Crippen LogP contribution >= 0.6 is 23.2 Å². The Balaban J connectivity index is 2.10. The number of carbonyl (C=O) groups excluding carboxylic acids is 1. The average Bonchev–Trinajstić information content (AvgIpc) is 2.59. The van der Waals surface area contributed by atoms with E-state index in [1.807, 2.05) is 43.3 Å². The van der Waals surface area contributed by atoms with Crippen molar-refractivity contribution in [2.45, 2.75) is 39.2 Å². The lowest BCUT2D eigenvalue weighted by molar-refractivity contribution is -0.160. The number of halogens is 2. The molecule has 2 rings (SSSR count). The summed E-state index contributed by atoms with van der Waals surface area (Å²) < 4.78 is 11.0. The van der Waals surface area contributed by atoms with Crippen molar-refractivity contribution in [2.75, 3.05) is 6.61 Å². The van der Waals surface area contributed by atoms with E-state index in [-0.39, 0.29) is 5.97 Å². The van der Waals surface area contributed by atoms with Crippen LogP contribution < -0.4 is 4.74 Å². The lowest BCUT2D eigenvalue weighted by atomic mass is 10.0. The van der Waals surface area contributed by atoms with Crippen LogP contribution in [0.3, 0.4) is 0 Å². The maximum atomic E-state index is 12.1. The van der Waals surface area contributed by atoms with Gasteiger partial charge in [-0.2, -0.15) is 0 Å². The molecule has 0 aliphatic rings. The molecule has 2 aromatic carbocycles. The van der Waals surface area contributed by atoms with Crippen LogP contribution in [-0.2, 0) is 16.0 Å². The lowest BCUT2D eigenvalue weighted by Crippen LogP contribution is -2.42. The van der Waals surface area contributed by atoms with Gasteiger partial charge in [0, 0.05) is 10.0 Å². The Kier molecular flexibility index (Phi) is 6.74. The molecular formula is C20H22Cl2O3. The highest BCUT2D eigenvalue weighted by molar-refractivity contribution is 6.35. The maximum absolute atomic E-state index is 12.1. The number of hydrogen-bond acceptors (Lipinski definition) is 3. The minimum absolute atomic E-state index is 0.332. The zero-order chi connectivity index (χ0) is 18.4. The largest absolute Gasteiger partial charge is 0.476 e. The molecule has 0 heterocycles. The fraction of sp³-hybridized carbons (Fsp3) is 0.350. The zero-order valence-electron chi connectivity index (χ0n) is 14.6. The third-order valence-corrected chi connectivity index (χ3v) is 4.64. The normalized spacial score (nSPS) is 13.2. The topological polar surface area (TPSA) is 35.5 Å². The van der Waals surface area contributed by atoms with Crippen molar-refractivity contribution in [3.63, 3.8) is 0 Å². The van der Waals surface area contributed by atoms with Gasteiger partial charge in [-0.3, -0.25) is 0 Å². The van der Waals surface area contributed by atoms with Gasteiger partial charge in [0.05, 0.1) is 6.61 Å². The first-order valence-corrected chi connectivity index (χ1v) is 9.02. The van der Waals surface area contributed by atoms with Crippen LogP contribution in [0.25, 0.3) is 0 Å². The monoisotopic (exact) mass is 380 g/mol. The van der Waals surface area contributed by atoms with Crippen molar-refractivity contribution < 1.29 is 14.3 Å². The molecule has 0 spiro atoms. The summed E-state index contributed by atoms with van der Waals surface area (Å²) in [7, 11) is 0. The summed E-state index contributed by atoms with van der Waals surface area (Å²) in [6.07, 6.45) is 1.22. The molecule has 1 unspecified atom stereocenters. The van der Waals surface area contributed by atoms with Crippen LogP contribution in [0.1, 0.15) is 38.3 Å². The Labute approximate surface area is 158 Å². The van der Waals surface area contributed by atoms with Gasteiger partial charge < -0.3 is 9.47 Å². The molecule has 0 amide bonds. The van der Waals surface area contributed by atoms with Gasteiger partial charge in [0.25, 0.3) is 0 Å². The Morgan fingerprint density at radius 3 is 2.32 bits per heavy atom. The first kappa shape index (κ1) is 19.6.